The lowest BCUT2D eigenvalue weighted by Crippen LogP contribution is -2.41. The number of carboxylic acid groups (broad SMARTS) is 1. The summed E-state index contributed by atoms with van der Waals surface area (Å²) < 4.78 is 5.16. The van der Waals surface area contributed by atoms with Crippen molar-refractivity contribution in [3.8, 4) is 0 Å². The Morgan fingerprint density at radius 3 is 2.61 bits per heavy atom. The lowest BCUT2D eigenvalue weighted by Gasteiger charge is -2.29. The third-order valence-corrected chi connectivity index (χ3v) is 3.89. The molecule has 1 heterocycles. The number of hydrogen-bond acceptors (Lipinski definition) is 4. The van der Waals surface area contributed by atoms with Gasteiger partial charge in [-0.05, 0) is 25.8 Å². The van der Waals surface area contributed by atoms with E-state index in [1.807, 2.05) is 25.7 Å². The highest BCUT2D eigenvalue weighted by molar-refractivity contribution is 5.75. The lowest BCUT2D eigenvalue weighted by molar-refractivity contribution is -0.151. The number of rotatable bonds is 7. The Bertz CT molecular complexity index is 282. The molecular weight excluding hydrogens is 234 g/mol. The standard InChI is InChI=1S/C13H25NO4/c1-4-18-8-11(15)7-14-6-5-13(9-14,10(2)3)12(16)17/h10-11,15H,4-9H2,1-3H3,(H,16,17). The van der Waals surface area contributed by atoms with Crippen LogP contribution in [0.4, 0.5) is 0 Å². The van der Waals surface area contributed by atoms with Crippen LogP contribution in [-0.4, -0.2) is 60.0 Å². The second kappa shape index (κ2) is 6.50. The van der Waals surface area contributed by atoms with Gasteiger partial charge < -0.3 is 14.9 Å². The summed E-state index contributed by atoms with van der Waals surface area (Å²) in [5.74, 6) is -0.622. The summed E-state index contributed by atoms with van der Waals surface area (Å²) in [6.45, 7) is 8.43. The lowest BCUT2D eigenvalue weighted by atomic mass is 9.76. The fraction of sp³-hybridized carbons (Fsp3) is 0.923. The SMILES string of the molecule is CCOCC(O)CN1CCC(C(=O)O)(C(C)C)C1. The summed E-state index contributed by atoms with van der Waals surface area (Å²) in [4.78, 5) is 13.5. The fourth-order valence-corrected chi connectivity index (χ4v) is 2.57. The number of β-amino-alcohol motifs (C(OH)–C–C–N with tert-alkyl or cyclic N) is 1. The van der Waals surface area contributed by atoms with Crippen molar-refractivity contribution in [2.45, 2.75) is 33.3 Å². The van der Waals surface area contributed by atoms with Crippen LogP contribution in [0.15, 0.2) is 0 Å². The van der Waals surface area contributed by atoms with E-state index >= 15 is 0 Å². The molecule has 1 aliphatic rings. The van der Waals surface area contributed by atoms with Crippen molar-refractivity contribution in [2.24, 2.45) is 11.3 Å². The number of aliphatic hydroxyl groups is 1. The van der Waals surface area contributed by atoms with Crippen LogP contribution in [0.3, 0.4) is 0 Å². The van der Waals surface area contributed by atoms with Crippen molar-refractivity contribution in [3.05, 3.63) is 0 Å². The summed E-state index contributed by atoms with van der Waals surface area (Å²) in [6.07, 6.45) is 0.114. The molecule has 5 heteroatoms. The van der Waals surface area contributed by atoms with Crippen LogP contribution in [0.2, 0.25) is 0 Å². The molecule has 0 spiro atoms. The van der Waals surface area contributed by atoms with Gasteiger partial charge in [-0.15, -0.1) is 0 Å². The first-order valence-electron chi connectivity index (χ1n) is 6.64. The maximum atomic E-state index is 11.5. The third-order valence-electron chi connectivity index (χ3n) is 3.89. The second-order valence-corrected chi connectivity index (χ2v) is 5.41. The first-order chi connectivity index (χ1) is 8.42. The van der Waals surface area contributed by atoms with E-state index in [1.54, 1.807) is 0 Å². The average molecular weight is 259 g/mol. The van der Waals surface area contributed by atoms with Gasteiger partial charge in [-0.1, -0.05) is 13.8 Å². The highest BCUT2D eigenvalue weighted by Crippen LogP contribution is 2.38. The van der Waals surface area contributed by atoms with Gasteiger partial charge in [0.2, 0.25) is 0 Å². The van der Waals surface area contributed by atoms with E-state index in [0.29, 0.717) is 32.7 Å². The van der Waals surface area contributed by atoms with Crippen LogP contribution in [0.25, 0.3) is 0 Å². The molecule has 0 aliphatic carbocycles. The summed E-state index contributed by atoms with van der Waals surface area (Å²) in [7, 11) is 0. The third kappa shape index (κ3) is 3.43. The van der Waals surface area contributed by atoms with Gasteiger partial charge in [0.25, 0.3) is 0 Å². The van der Waals surface area contributed by atoms with Gasteiger partial charge in [0.05, 0.1) is 18.1 Å². The molecule has 1 rings (SSSR count). The molecule has 2 N–H and O–H groups in total. The number of aliphatic hydroxyl groups excluding tert-OH is 1. The Hall–Kier alpha value is -0.650. The van der Waals surface area contributed by atoms with Crippen molar-refractivity contribution < 1.29 is 19.7 Å². The van der Waals surface area contributed by atoms with Crippen molar-refractivity contribution in [1.29, 1.82) is 0 Å². The Kier molecular flexibility index (Phi) is 5.56. The molecule has 18 heavy (non-hydrogen) atoms. The highest BCUT2D eigenvalue weighted by Gasteiger charge is 2.47. The number of carboxylic acids is 1. The quantitative estimate of drug-likeness (QED) is 0.708. The number of aliphatic carboxylic acids is 1. The summed E-state index contributed by atoms with van der Waals surface area (Å²) in [6, 6.07) is 0. The zero-order valence-electron chi connectivity index (χ0n) is 11.6. The van der Waals surface area contributed by atoms with Crippen LogP contribution in [-0.2, 0) is 9.53 Å². The smallest absolute Gasteiger partial charge is 0.311 e. The van der Waals surface area contributed by atoms with E-state index in [0.717, 1.165) is 6.54 Å². The van der Waals surface area contributed by atoms with Crippen molar-refractivity contribution in [3.63, 3.8) is 0 Å². The summed E-state index contributed by atoms with van der Waals surface area (Å²) in [5.41, 5.74) is -0.661. The van der Waals surface area contributed by atoms with Gasteiger partial charge in [0, 0.05) is 19.7 Å². The molecule has 0 aromatic carbocycles. The molecule has 106 valence electrons. The second-order valence-electron chi connectivity index (χ2n) is 5.41. The van der Waals surface area contributed by atoms with Crippen LogP contribution in [0, 0.1) is 11.3 Å². The topological polar surface area (TPSA) is 70.0 Å². The molecule has 0 radical (unpaired) electrons. The van der Waals surface area contributed by atoms with Gasteiger partial charge in [-0.2, -0.15) is 0 Å². The molecule has 1 aliphatic heterocycles. The molecule has 0 aromatic heterocycles. The first kappa shape index (κ1) is 15.4. The van der Waals surface area contributed by atoms with Crippen molar-refractivity contribution in [2.75, 3.05) is 32.8 Å². The average Bonchev–Trinajstić information content (AvgIpc) is 2.71. The van der Waals surface area contributed by atoms with Gasteiger partial charge in [-0.25, -0.2) is 0 Å². The van der Waals surface area contributed by atoms with Crippen molar-refractivity contribution in [1.82, 2.24) is 4.90 Å². The van der Waals surface area contributed by atoms with Crippen molar-refractivity contribution >= 4 is 5.97 Å². The molecule has 0 aromatic rings. The van der Waals surface area contributed by atoms with Gasteiger partial charge in [0.1, 0.15) is 0 Å². The Balaban J connectivity index is 2.51. The highest BCUT2D eigenvalue weighted by atomic mass is 16.5. The maximum Gasteiger partial charge on any atom is 0.311 e. The van der Waals surface area contributed by atoms with Crippen LogP contribution < -0.4 is 0 Å². The number of carbonyl (C=O) groups is 1. The van der Waals surface area contributed by atoms with Gasteiger partial charge in [-0.3, -0.25) is 9.69 Å². The molecule has 1 fully saturated rings. The van der Waals surface area contributed by atoms with Crippen LogP contribution in [0.1, 0.15) is 27.2 Å². The van der Waals surface area contributed by atoms with Gasteiger partial charge in [0.15, 0.2) is 0 Å². The van der Waals surface area contributed by atoms with Gasteiger partial charge >= 0.3 is 5.97 Å². The monoisotopic (exact) mass is 259 g/mol. The van der Waals surface area contributed by atoms with Crippen LogP contribution >= 0.6 is 0 Å². The first-order valence-corrected chi connectivity index (χ1v) is 6.64. The minimum absolute atomic E-state index is 0.101. The predicted octanol–water partition coefficient (Wildman–Crippen LogP) is 0.816. The minimum Gasteiger partial charge on any atom is -0.481 e. The summed E-state index contributed by atoms with van der Waals surface area (Å²) >= 11 is 0. The number of ether oxygens (including phenoxy) is 1. The predicted molar refractivity (Wildman–Crippen MR) is 68.5 cm³/mol. The zero-order chi connectivity index (χ0) is 13.8. The maximum absolute atomic E-state index is 11.5. The molecule has 2 unspecified atom stereocenters. The normalized spacial score (nSPS) is 26.7. The Morgan fingerprint density at radius 1 is 1.50 bits per heavy atom. The van der Waals surface area contributed by atoms with Crippen LogP contribution in [0.5, 0.6) is 0 Å². The van der Waals surface area contributed by atoms with E-state index in [1.165, 1.54) is 0 Å². The molecule has 2 atom stereocenters. The molecule has 1 saturated heterocycles. The largest absolute Gasteiger partial charge is 0.481 e. The zero-order valence-corrected chi connectivity index (χ0v) is 11.6. The van der Waals surface area contributed by atoms with E-state index < -0.39 is 17.5 Å². The molecular formula is C13H25NO4. The van der Waals surface area contributed by atoms with E-state index in [9.17, 15) is 15.0 Å². The Labute approximate surface area is 109 Å². The molecule has 0 bridgehead atoms. The molecule has 5 nitrogen and oxygen atoms in total. The molecule has 0 amide bonds. The minimum atomic E-state index is -0.723. The molecule has 0 saturated carbocycles. The summed E-state index contributed by atoms with van der Waals surface area (Å²) in [5, 5.41) is 19.2. The number of hydrogen-bond donors (Lipinski definition) is 2. The number of likely N-dealkylation sites (tertiary alicyclic amines) is 1. The van der Waals surface area contributed by atoms with E-state index in [2.05, 4.69) is 0 Å². The van der Waals surface area contributed by atoms with E-state index in [4.69, 9.17) is 4.74 Å². The Morgan fingerprint density at radius 2 is 2.17 bits per heavy atom. The van der Waals surface area contributed by atoms with E-state index in [-0.39, 0.29) is 5.92 Å². The number of nitrogens with zero attached hydrogens (tertiary/aromatic N) is 1. The fourth-order valence-electron chi connectivity index (χ4n) is 2.57.